The van der Waals surface area contributed by atoms with Crippen LogP contribution in [0, 0.1) is 4.77 Å². The molecule has 2 N–H and O–H groups in total. The van der Waals surface area contributed by atoms with Crippen LogP contribution in [0.15, 0.2) is 36.7 Å². The Bertz CT molecular complexity index is 684. The van der Waals surface area contributed by atoms with E-state index in [4.69, 9.17) is 12.2 Å². The van der Waals surface area contributed by atoms with E-state index < -0.39 is 0 Å². The molecule has 3 rings (SSSR count). The van der Waals surface area contributed by atoms with E-state index >= 15 is 0 Å². The zero-order valence-electron chi connectivity index (χ0n) is 8.27. The maximum absolute atomic E-state index is 5.01. The minimum Gasteiger partial charge on any atom is -0.329 e. The Morgan fingerprint density at radius 2 is 1.81 bits per heavy atom. The first-order valence-electron chi connectivity index (χ1n) is 4.82. The number of H-pyrrole nitrogens is 2. The van der Waals surface area contributed by atoms with E-state index in [2.05, 4.69) is 19.9 Å². The van der Waals surface area contributed by atoms with Gasteiger partial charge in [-0.1, -0.05) is 0 Å². The van der Waals surface area contributed by atoms with Gasteiger partial charge in [-0.3, -0.25) is 4.98 Å². The minimum atomic E-state index is 0.592. The van der Waals surface area contributed by atoms with Crippen molar-refractivity contribution in [1.29, 1.82) is 0 Å². The summed E-state index contributed by atoms with van der Waals surface area (Å²) in [6.45, 7) is 0. The molecule has 0 aromatic carbocycles. The van der Waals surface area contributed by atoms with Crippen LogP contribution >= 0.6 is 12.2 Å². The molecule has 0 aliphatic heterocycles. The number of hydrogen-bond acceptors (Lipinski definition) is 3. The van der Waals surface area contributed by atoms with Gasteiger partial charge in [-0.05, 0) is 36.5 Å². The lowest BCUT2D eigenvalue weighted by Gasteiger charge is -1.99. The number of nitrogens with one attached hydrogen (secondary N) is 2. The average Bonchev–Trinajstić information content (AvgIpc) is 2.69. The third kappa shape index (κ3) is 1.51. The van der Waals surface area contributed by atoms with Crippen molar-refractivity contribution < 1.29 is 0 Å². The van der Waals surface area contributed by atoms with Gasteiger partial charge in [0.05, 0.1) is 11.2 Å². The van der Waals surface area contributed by atoms with Crippen molar-refractivity contribution in [1.82, 2.24) is 19.9 Å². The highest BCUT2D eigenvalue weighted by molar-refractivity contribution is 7.71. The fourth-order valence-corrected chi connectivity index (χ4v) is 1.81. The van der Waals surface area contributed by atoms with Gasteiger partial charge in [0, 0.05) is 18.0 Å². The number of rotatable bonds is 1. The van der Waals surface area contributed by atoms with Gasteiger partial charge in [0.15, 0.2) is 10.4 Å². The van der Waals surface area contributed by atoms with Crippen molar-refractivity contribution in [3.8, 4) is 11.3 Å². The quantitative estimate of drug-likeness (QED) is 0.629. The number of imidazole rings is 1. The molecule has 16 heavy (non-hydrogen) atoms. The first kappa shape index (κ1) is 9.23. The average molecular weight is 228 g/mol. The summed E-state index contributed by atoms with van der Waals surface area (Å²) in [6, 6.07) is 7.77. The minimum absolute atomic E-state index is 0.592. The van der Waals surface area contributed by atoms with Crippen LogP contribution in [0.3, 0.4) is 0 Å². The predicted molar refractivity (Wildman–Crippen MR) is 64.5 cm³/mol. The third-order valence-corrected chi connectivity index (χ3v) is 2.56. The second-order valence-corrected chi connectivity index (χ2v) is 3.82. The van der Waals surface area contributed by atoms with Crippen LogP contribution in [-0.2, 0) is 0 Å². The van der Waals surface area contributed by atoms with Crippen LogP contribution in [0.1, 0.15) is 0 Å². The van der Waals surface area contributed by atoms with E-state index in [9.17, 15) is 0 Å². The van der Waals surface area contributed by atoms with E-state index in [0.29, 0.717) is 4.77 Å². The Morgan fingerprint density at radius 3 is 2.62 bits per heavy atom. The normalized spacial score (nSPS) is 10.8. The Hall–Kier alpha value is -2.01. The van der Waals surface area contributed by atoms with Crippen molar-refractivity contribution in [2.75, 3.05) is 0 Å². The van der Waals surface area contributed by atoms with Crippen molar-refractivity contribution in [2.24, 2.45) is 0 Å². The van der Waals surface area contributed by atoms with E-state index in [1.807, 2.05) is 24.3 Å². The first-order valence-corrected chi connectivity index (χ1v) is 5.23. The molecule has 0 saturated heterocycles. The maximum Gasteiger partial charge on any atom is 0.176 e. The molecule has 3 aromatic heterocycles. The van der Waals surface area contributed by atoms with Crippen LogP contribution in [-0.4, -0.2) is 19.9 Å². The van der Waals surface area contributed by atoms with E-state index in [0.717, 1.165) is 22.4 Å². The molecule has 0 saturated carbocycles. The van der Waals surface area contributed by atoms with Crippen molar-refractivity contribution in [3.63, 3.8) is 0 Å². The molecule has 5 heteroatoms. The van der Waals surface area contributed by atoms with Crippen molar-refractivity contribution in [3.05, 3.63) is 41.4 Å². The van der Waals surface area contributed by atoms with Crippen LogP contribution in [0.5, 0.6) is 0 Å². The summed E-state index contributed by atoms with van der Waals surface area (Å²) >= 11 is 5.01. The summed E-state index contributed by atoms with van der Waals surface area (Å²) in [6.07, 6.45) is 3.50. The number of hydrogen-bond donors (Lipinski definition) is 2. The molecule has 0 radical (unpaired) electrons. The summed E-state index contributed by atoms with van der Waals surface area (Å²) < 4.78 is 0.592. The Kier molecular flexibility index (Phi) is 2.04. The Labute approximate surface area is 96.4 Å². The van der Waals surface area contributed by atoms with Crippen LogP contribution in [0.4, 0.5) is 0 Å². The number of pyridine rings is 2. The molecule has 0 bridgehead atoms. The zero-order chi connectivity index (χ0) is 11.0. The maximum atomic E-state index is 5.01. The summed E-state index contributed by atoms with van der Waals surface area (Å²) in [7, 11) is 0. The molecule has 4 nitrogen and oxygen atoms in total. The van der Waals surface area contributed by atoms with E-state index in [1.165, 1.54) is 0 Å². The van der Waals surface area contributed by atoms with Gasteiger partial charge in [0.25, 0.3) is 0 Å². The topological polar surface area (TPSA) is 57.4 Å². The highest BCUT2D eigenvalue weighted by Crippen LogP contribution is 2.18. The van der Waals surface area contributed by atoms with Gasteiger partial charge in [0.1, 0.15) is 0 Å². The highest BCUT2D eigenvalue weighted by atomic mass is 32.1. The fourth-order valence-electron chi connectivity index (χ4n) is 1.60. The van der Waals surface area contributed by atoms with Gasteiger partial charge >= 0.3 is 0 Å². The summed E-state index contributed by atoms with van der Waals surface area (Å²) in [5.74, 6) is 0. The summed E-state index contributed by atoms with van der Waals surface area (Å²) in [4.78, 5) is 14.5. The molecule has 0 aliphatic rings. The lowest BCUT2D eigenvalue weighted by Crippen LogP contribution is -1.84. The Balaban J connectivity index is 2.22. The van der Waals surface area contributed by atoms with Gasteiger partial charge < -0.3 is 9.97 Å². The van der Waals surface area contributed by atoms with Crippen LogP contribution < -0.4 is 0 Å². The van der Waals surface area contributed by atoms with E-state index in [1.54, 1.807) is 12.4 Å². The SMILES string of the molecule is S=c1[nH]c2ccc(-c3ccncc3)nc2[nH]1. The number of aromatic amines is 2. The lowest BCUT2D eigenvalue weighted by molar-refractivity contribution is 1.26. The first-order chi connectivity index (χ1) is 7.83. The van der Waals surface area contributed by atoms with Crippen LogP contribution in [0.25, 0.3) is 22.4 Å². The molecule has 3 aromatic rings. The molecule has 0 unspecified atom stereocenters. The molecule has 78 valence electrons. The second-order valence-electron chi connectivity index (χ2n) is 3.41. The summed E-state index contributed by atoms with van der Waals surface area (Å²) in [5.41, 5.74) is 3.64. The van der Waals surface area contributed by atoms with Gasteiger partial charge in [-0.2, -0.15) is 0 Å². The molecule has 0 amide bonds. The van der Waals surface area contributed by atoms with Crippen molar-refractivity contribution >= 4 is 23.4 Å². The molecule has 0 atom stereocenters. The fraction of sp³-hybridized carbons (Fsp3) is 0. The van der Waals surface area contributed by atoms with Crippen molar-refractivity contribution in [2.45, 2.75) is 0 Å². The second kappa shape index (κ2) is 3.53. The lowest BCUT2D eigenvalue weighted by atomic mass is 10.2. The highest BCUT2D eigenvalue weighted by Gasteiger charge is 2.02. The predicted octanol–water partition coefficient (Wildman–Crippen LogP) is 2.68. The van der Waals surface area contributed by atoms with E-state index in [-0.39, 0.29) is 0 Å². The van der Waals surface area contributed by atoms with Gasteiger partial charge in [-0.15, -0.1) is 0 Å². The zero-order valence-corrected chi connectivity index (χ0v) is 9.08. The van der Waals surface area contributed by atoms with Gasteiger partial charge in [-0.25, -0.2) is 4.98 Å². The Morgan fingerprint density at radius 1 is 1.00 bits per heavy atom. The molecule has 0 aliphatic carbocycles. The number of aromatic nitrogens is 4. The molecule has 0 spiro atoms. The molecular weight excluding hydrogens is 220 g/mol. The summed E-state index contributed by atoms with van der Waals surface area (Å²) in [5, 5.41) is 0. The number of nitrogens with zero attached hydrogens (tertiary/aromatic N) is 2. The molecular formula is C11H8N4S. The molecule has 0 fully saturated rings. The smallest absolute Gasteiger partial charge is 0.176 e. The number of fused-ring (bicyclic) bond motifs is 1. The van der Waals surface area contributed by atoms with Gasteiger partial charge in [0.2, 0.25) is 0 Å². The monoisotopic (exact) mass is 228 g/mol. The third-order valence-electron chi connectivity index (χ3n) is 2.35. The molecule has 3 heterocycles. The standard InChI is InChI=1S/C11H8N4S/c16-11-14-9-2-1-8(13-10(9)15-11)7-3-5-12-6-4-7/h1-6H,(H2,13,14,15,16). The largest absolute Gasteiger partial charge is 0.329 e. The van der Waals surface area contributed by atoms with Crippen LogP contribution in [0.2, 0.25) is 0 Å².